The molecule has 0 aliphatic carbocycles. The molecule has 1 aromatic rings. The number of hydrogen-bond acceptors (Lipinski definition) is 3. The lowest BCUT2D eigenvalue weighted by molar-refractivity contribution is 0.0951. The Morgan fingerprint density at radius 1 is 1.30 bits per heavy atom. The summed E-state index contributed by atoms with van der Waals surface area (Å²) in [5.74, 6) is 1.68. The second-order valence-corrected chi connectivity index (χ2v) is 5.91. The summed E-state index contributed by atoms with van der Waals surface area (Å²) in [5, 5.41) is 2.80. The molecule has 1 aliphatic heterocycles. The van der Waals surface area contributed by atoms with Crippen LogP contribution in [0.4, 0.5) is 0 Å². The van der Waals surface area contributed by atoms with Gasteiger partial charge in [0.1, 0.15) is 13.2 Å². The van der Waals surface area contributed by atoms with E-state index < -0.39 is 0 Å². The third-order valence-electron chi connectivity index (χ3n) is 3.02. The molecular weight excluding hydrogens is 278 g/mol. The van der Waals surface area contributed by atoms with Crippen molar-refractivity contribution in [2.24, 2.45) is 5.92 Å². The fraction of sp³-hybridized carbons (Fsp3) is 0.533. The molecule has 1 aromatic carbocycles. The molecule has 1 aliphatic rings. The molecule has 2 rings (SSSR count). The van der Waals surface area contributed by atoms with Crippen LogP contribution >= 0.6 is 11.6 Å². The van der Waals surface area contributed by atoms with E-state index >= 15 is 0 Å². The fourth-order valence-electron chi connectivity index (χ4n) is 2.08. The minimum Gasteiger partial charge on any atom is -0.486 e. The topological polar surface area (TPSA) is 47.6 Å². The maximum absolute atomic E-state index is 12.1. The van der Waals surface area contributed by atoms with Gasteiger partial charge in [-0.25, -0.2) is 0 Å². The zero-order chi connectivity index (χ0) is 14.5. The minimum atomic E-state index is -0.142. The summed E-state index contributed by atoms with van der Waals surface area (Å²) in [5.41, 5.74) is 0.558. The predicted molar refractivity (Wildman–Crippen MR) is 78.9 cm³/mol. The number of rotatable bonds is 5. The number of ether oxygens (including phenoxy) is 2. The first-order valence-electron chi connectivity index (χ1n) is 6.88. The van der Waals surface area contributed by atoms with Gasteiger partial charge in [-0.2, -0.15) is 0 Å². The highest BCUT2D eigenvalue weighted by atomic mass is 35.5. The molecule has 20 heavy (non-hydrogen) atoms. The van der Waals surface area contributed by atoms with Gasteiger partial charge in [0, 0.05) is 12.1 Å². The first kappa shape index (κ1) is 15.0. The molecular formula is C15H20ClNO3. The fourth-order valence-corrected chi connectivity index (χ4v) is 2.52. The lowest BCUT2D eigenvalue weighted by Gasteiger charge is -2.19. The molecule has 0 saturated heterocycles. The van der Waals surface area contributed by atoms with Crippen LogP contribution in [0.1, 0.15) is 30.6 Å². The molecule has 0 radical (unpaired) electrons. The van der Waals surface area contributed by atoms with Crippen molar-refractivity contribution < 1.29 is 14.3 Å². The second-order valence-electron chi connectivity index (χ2n) is 5.30. The Hall–Kier alpha value is -1.42. The number of carbonyl (C=O) groups excluding carboxylic acids is 1. The van der Waals surface area contributed by atoms with E-state index in [1.807, 2.05) is 0 Å². The lowest BCUT2D eigenvalue weighted by Crippen LogP contribution is -2.30. The summed E-state index contributed by atoms with van der Waals surface area (Å²) in [6.45, 7) is 5.74. The third-order valence-corrected chi connectivity index (χ3v) is 3.35. The summed E-state index contributed by atoms with van der Waals surface area (Å²) in [6.07, 6.45) is 0.878. The standard InChI is InChI=1S/C15H20ClNO3/c1-10(2)7-12(16)9-17-15(18)11-3-4-13-14(8-11)20-6-5-19-13/h3-4,8,10,12H,5-7,9H2,1-2H3,(H,17,18). The molecule has 1 N–H and O–H groups in total. The number of halogens is 1. The number of hydrogen-bond donors (Lipinski definition) is 1. The summed E-state index contributed by atoms with van der Waals surface area (Å²) >= 11 is 6.16. The molecule has 5 heteroatoms. The smallest absolute Gasteiger partial charge is 0.251 e. The van der Waals surface area contributed by atoms with Crippen LogP contribution in [-0.2, 0) is 0 Å². The van der Waals surface area contributed by atoms with Crippen molar-refractivity contribution in [2.45, 2.75) is 25.6 Å². The van der Waals surface area contributed by atoms with Gasteiger partial charge in [-0.15, -0.1) is 11.6 Å². The van der Waals surface area contributed by atoms with Gasteiger partial charge in [-0.3, -0.25) is 4.79 Å². The first-order chi connectivity index (χ1) is 9.56. The highest BCUT2D eigenvalue weighted by Gasteiger charge is 2.15. The van der Waals surface area contributed by atoms with E-state index in [0.717, 1.165) is 6.42 Å². The van der Waals surface area contributed by atoms with Gasteiger partial charge in [-0.05, 0) is 30.5 Å². The molecule has 1 atom stereocenters. The van der Waals surface area contributed by atoms with Crippen LogP contribution in [-0.4, -0.2) is 31.0 Å². The molecule has 0 fully saturated rings. The average Bonchev–Trinajstić information content (AvgIpc) is 2.43. The van der Waals surface area contributed by atoms with Crippen molar-refractivity contribution in [1.82, 2.24) is 5.32 Å². The van der Waals surface area contributed by atoms with Crippen LogP contribution in [0.5, 0.6) is 11.5 Å². The summed E-state index contributed by atoms with van der Waals surface area (Å²) in [6, 6.07) is 5.19. The van der Waals surface area contributed by atoms with Crippen LogP contribution in [0.2, 0.25) is 0 Å². The van der Waals surface area contributed by atoms with Gasteiger partial charge in [0.25, 0.3) is 5.91 Å². The molecule has 0 bridgehead atoms. The van der Waals surface area contributed by atoms with Gasteiger partial charge in [0.05, 0.1) is 5.38 Å². The third kappa shape index (κ3) is 4.04. The van der Waals surface area contributed by atoms with Crippen LogP contribution in [0.15, 0.2) is 18.2 Å². The number of carbonyl (C=O) groups is 1. The van der Waals surface area contributed by atoms with E-state index in [2.05, 4.69) is 19.2 Å². The van der Waals surface area contributed by atoms with E-state index in [0.29, 0.717) is 42.7 Å². The summed E-state index contributed by atoms with van der Waals surface area (Å²) < 4.78 is 10.9. The van der Waals surface area contributed by atoms with Crippen molar-refractivity contribution in [3.05, 3.63) is 23.8 Å². The van der Waals surface area contributed by atoms with Crippen LogP contribution in [0.25, 0.3) is 0 Å². The Bertz CT molecular complexity index is 476. The molecule has 0 spiro atoms. The Morgan fingerprint density at radius 3 is 2.70 bits per heavy atom. The maximum Gasteiger partial charge on any atom is 0.251 e. The monoisotopic (exact) mass is 297 g/mol. The van der Waals surface area contributed by atoms with Gasteiger partial charge < -0.3 is 14.8 Å². The zero-order valence-corrected chi connectivity index (χ0v) is 12.6. The Balaban J connectivity index is 1.92. The van der Waals surface area contributed by atoms with Crippen molar-refractivity contribution in [1.29, 1.82) is 0 Å². The van der Waals surface area contributed by atoms with E-state index in [1.165, 1.54) is 0 Å². The number of fused-ring (bicyclic) bond motifs is 1. The summed E-state index contributed by atoms with van der Waals surface area (Å²) in [4.78, 5) is 12.1. The Morgan fingerprint density at radius 2 is 2.00 bits per heavy atom. The van der Waals surface area contributed by atoms with Crippen molar-refractivity contribution in [2.75, 3.05) is 19.8 Å². The van der Waals surface area contributed by atoms with Crippen LogP contribution < -0.4 is 14.8 Å². The zero-order valence-electron chi connectivity index (χ0n) is 11.8. The minimum absolute atomic E-state index is 0.0452. The van der Waals surface area contributed by atoms with Gasteiger partial charge in [0.15, 0.2) is 11.5 Å². The van der Waals surface area contributed by atoms with Crippen molar-refractivity contribution in [3.63, 3.8) is 0 Å². The van der Waals surface area contributed by atoms with Crippen molar-refractivity contribution >= 4 is 17.5 Å². The van der Waals surface area contributed by atoms with Crippen LogP contribution in [0.3, 0.4) is 0 Å². The van der Waals surface area contributed by atoms with E-state index in [-0.39, 0.29) is 11.3 Å². The second kappa shape index (κ2) is 6.84. The average molecular weight is 298 g/mol. The lowest BCUT2D eigenvalue weighted by atomic mass is 10.1. The number of alkyl halides is 1. The molecule has 1 unspecified atom stereocenters. The van der Waals surface area contributed by atoms with Gasteiger partial charge >= 0.3 is 0 Å². The first-order valence-corrected chi connectivity index (χ1v) is 7.32. The molecule has 1 heterocycles. The highest BCUT2D eigenvalue weighted by Crippen LogP contribution is 2.30. The van der Waals surface area contributed by atoms with E-state index in [4.69, 9.17) is 21.1 Å². The number of amides is 1. The number of nitrogens with one attached hydrogen (secondary N) is 1. The van der Waals surface area contributed by atoms with Crippen LogP contribution in [0, 0.1) is 5.92 Å². The maximum atomic E-state index is 12.1. The van der Waals surface area contributed by atoms with Crippen molar-refractivity contribution in [3.8, 4) is 11.5 Å². The molecule has 0 saturated carbocycles. The number of benzene rings is 1. The highest BCUT2D eigenvalue weighted by molar-refractivity contribution is 6.21. The van der Waals surface area contributed by atoms with Gasteiger partial charge in [-0.1, -0.05) is 13.8 Å². The molecule has 4 nitrogen and oxygen atoms in total. The summed E-state index contributed by atoms with van der Waals surface area (Å²) in [7, 11) is 0. The quantitative estimate of drug-likeness (QED) is 0.850. The Kier molecular flexibility index (Phi) is 5.12. The van der Waals surface area contributed by atoms with E-state index in [1.54, 1.807) is 18.2 Å². The van der Waals surface area contributed by atoms with E-state index in [9.17, 15) is 4.79 Å². The molecule has 110 valence electrons. The largest absolute Gasteiger partial charge is 0.486 e. The Labute approximate surface area is 124 Å². The normalized spacial score (nSPS) is 15.0. The molecule has 1 amide bonds. The van der Waals surface area contributed by atoms with Gasteiger partial charge in [0.2, 0.25) is 0 Å². The predicted octanol–water partition coefficient (Wildman–Crippen LogP) is 2.84. The molecule has 0 aromatic heterocycles. The SMILES string of the molecule is CC(C)CC(Cl)CNC(=O)c1ccc2c(c1)OCCO2.